The Balaban J connectivity index is 1.61. The number of carbonyl (C=O) groups excluding carboxylic acids is 2. The van der Waals surface area contributed by atoms with Gasteiger partial charge in [-0.25, -0.2) is 14.2 Å². The molecule has 0 saturated carbocycles. The van der Waals surface area contributed by atoms with E-state index in [-0.39, 0.29) is 30.8 Å². The van der Waals surface area contributed by atoms with Gasteiger partial charge in [0.25, 0.3) is 0 Å². The van der Waals surface area contributed by atoms with Gasteiger partial charge in [-0.3, -0.25) is 4.79 Å². The Morgan fingerprint density at radius 1 is 1.17 bits per heavy atom. The molecule has 6 nitrogen and oxygen atoms in total. The van der Waals surface area contributed by atoms with Gasteiger partial charge in [0.15, 0.2) is 5.17 Å². The Morgan fingerprint density at radius 2 is 1.94 bits per heavy atom. The number of aryl methyl sites for hydroxylation is 1. The van der Waals surface area contributed by atoms with Crippen LogP contribution in [0.4, 0.5) is 4.39 Å². The number of carbonyl (C=O) groups is 2. The summed E-state index contributed by atoms with van der Waals surface area (Å²) >= 11 is 1.42. The van der Waals surface area contributed by atoms with Crippen molar-refractivity contribution in [2.24, 2.45) is 4.99 Å². The van der Waals surface area contributed by atoms with E-state index in [4.69, 9.17) is 4.74 Å². The number of esters is 1. The quantitative estimate of drug-likeness (QED) is 0.526. The maximum atomic E-state index is 13.5. The SMILES string of the molecule is CC1=C(C(=O)OC(C)C)C(c2cccc(C)c2)N2C(CC(=O)NCc3cccc(F)c3)=CSC2=N1. The summed E-state index contributed by atoms with van der Waals surface area (Å²) in [4.78, 5) is 32.6. The van der Waals surface area contributed by atoms with Gasteiger partial charge < -0.3 is 15.0 Å². The van der Waals surface area contributed by atoms with Crippen LogP contribution >= 0.6 is 11.8 Å². The van der Waals surface area contributed by atoms with Gasteiger partial charge in [-0.15, -0.1) is 0 Å². The molecule has 4 rings (SSSR count). The van der Waals surface area contributed by atoms with Gasteiger partial charge in [0, 0.05) is 12.2 Å². The maximum absolute atomic E-state index is 13.5. The van der Waals surface area contributed by atoms with E-state index < -0.39 is 12.0 Å². The number of aliphatic imine (C=N–C) groups is 1. The van der Waals surface area contributed by atoms with Crippen molar-refractivity contribution in [1.82, 2.24) is 10.2 Å². The molecule has 2 aliphatic heterocycles. The lowest BCUT2D eigenvalue weighted by atomic mass is 9.93. The molecule has 0 aromatic heterocycles. The topological polar surface area (TPSA) is 71.0 Å². The average Bonchev–Trinajstić information content (AvgIpc) is 3.18. The van der Waals surface area contributed by atoms with Gasteiger partial charge in [0.05, 0.1) is 29.8 Å². The highest BCUT2D eigenvalue weighted by molar-refractivity contribution is 8.16. The first-order valence-electron chi connectivity index (χ1n) is 11.5. The van der Waals surface area contributed by atoms with Crippen molar-refractivity contribution < 1.29 is 18.7 Å². The number of benzene rings is 2. The molecule has 1 atom stereocenters. The molecule has 0 bridgehead atoms. The standard InChI is InChI=1S/C27H28FN3O3S/c1-16(2)34-26(33)24-18(4)30-27-31(25(24)20-9-5-7-17(3)11-20)22(15-35-27)13-23(32)29-14-19-8-6-10-21(28)12-19/h5-12,15-16,25H,13-14H2,1-4H3,(H,29,32). The second kappa shape index (κ2) is 10.5. The first-order chi connectivity index (χ1) is 16.7. The predicted molar refractivity (Wildman–Crippen MR) is 136 cm³/mol. The molecule has 2 aromatic rings. The fourth-order valence-electron chi connectivity index (χ4n) is 4.14. The number of amidine groups is 1. The van der Waals surface area contributed by atoms with Crippen LogP contribution in [0.5, 0.6) is 0 Å². The van der Waals surface area contributed by atoms with Crippen molar-refractivity contribution in [3.63, 3.8) is 0 Å². The predicted octanol–water partition coefficient (Wildman–Crippen LogP) is 5.37. The third kappa shape index (κ3) is 5.65. The summed E-state index contributed by atoms with van der Waals surface area (Å²) < 4.78 is 19.0. The van der Waals surface area contributed by atoms with Gasteiger partial charge in [-0.2, -0.15) is 0 Å². The number of rotatable bonds is 7. The molecule has 0 fully saturated rings. The average molecular weight is 494 g/mol. The van der Waals surface area contributed by atoms with Crippen LogP contribution in [0, 0.1) is 12.7 Å². The zero-order valence-electron chi connectivity index (χ0n) is 20.2. The molecular weight excluding hydrogens is 465 g/mol. The Bertz CT molecular complexity index is 1250. The molecule has 2 aliphatic rings. The van der Waals surface area contributed by atoms with E-state index in [0.29, 0.717) is 22.0 Å². The van der Waals surface area contributed by atoms with Crippen LogP contribution < -0.4 is 5.32 Å². The smallest absolute Gasteiger partial charge is 0.338 e. The highest BCUT2D eigenvalue weighted by atomic mass is 32.2. The number of hydrogen-bond acceptors (Lipinski definition) is 6. The van der Waals surface area contributed by atoms with Crippen LogP contribution in [0.3, 0.4) is 0 Å². The second-order valence-corrected chi connectivity index (χ2v) is 9.68. The number of nitrogens with zero attached hydrogens (tertiary/aromatic N) is 2. The number of thioether (sulfide) groups is 1. The van der Waals surface area contributed by atoms with Crippen molar-refractivity contribution >= 4 is 28.8 Å². The van der Waals surface area contributed by atoms with Gasteiger partial charge in [0.1, 0.15) is 5.82 Å². The summed E-state index contributed by atoms with van der Waals surface area (Å²) in [5, 5.41) is 5.46. The lowest BCUT2D eigenvalue weighted by molar-refractivity contribution is -0.143. The van der Waals surface area contributed by atoms with E-state index in [1.54, 1.807) is 12.1 Å². The third-order valence-corrected chi connectivity index (χ3v) is 6.53. The van der Waals surface area contributed by atoms with Crippen molar-refractivity contribution in [2.45, 2.75) is 52.8 Å². The summed E-state index contributed by atoms with van der Waals surface area (Å²) in [6, 6.07) is 13.6. The largest absolute Gasteiger partial charge is 0.459 e. The van der Waals surface area contributed by atoms with Gasteiger partial charge in [-0.05, 0) is 56.4 Å². The van der Waals surface area contributed by atoms with Gasteiger partial charge in [-0.1, -0.05) is 53.7 Å². The minimum Gasteiger partial charge on any atom is -0.459 e. The van der Waals surface area contributed by atoms with E-state index in [0.717, 1.165) is 16.8 Å². The molecule has 35 heavy (non-hydrogen) atoms. The van der Waals surface area contributed by atoms with Crippen molar-refractivity contribution in [1.29, 1.82) is 0 Å². The number of hydrogen-bond donors (Lipinski definition) is 1. The minimum atomic E-state index is -0.467. The zero-order chi connectivity index (χ0) is 25.1. The van der Waals surface area contributed by atoms with Gasteiger partial charge in [0.2, 0.25) is 5.91 Å². The minimum absolute atomic E-state index is 0.0925. The first-order valence-corrected chi connectivity index (χ1v) is 12.3. The lowest BCUT2D eigenvalue weighted by Crippen LogP contribution is -2.38. The van der Waals surface area contributed by atoms with Crippen LogP contribution in [0.1, 0.15) is 49.9 Å². The molecule has 0 saturated heterocycles. The third-order valence-electron chi connectivity index (χ3n) is 5.64. The second-order valence-electron chi connectivity index (χ2n) is 8.84. The summed E-state index contributed by atoms with van der Waals surface area (Å²) in [6.45, 7) is 7.66. The molecule has 0 spiro atoms. The number of halogens is 1. The van der Waals surface area contributed by atoms with Crippen LogP contribution in [0.2, 0.25) is 0 Å². The van der Waals surface area contributed by atoms with Crippen molar-refractivity contribution in [3.8, 4) is 0 Å². The van der Waals surface area contributed by atoms with Crippen LogP contribution in [0.25, 0.3) is 0 Å². The monoisotopic (exact) mass is 493 g/mol. The van der Waals surface area contributed by atoms with E-state index in [1.807, 2.05) is 62.3 Å². The lowest BCUT2D eigenvalue weighted by Gasteiger charge is -2.36. The van der Waals surface area contributed by atoms with E-state index >= 15 is 0 Å². The molecule has 2 aromatic carbocycles. The first kappa shape index (κ1) is 24.7. The highest BCUT2D eigenvalue weighted by Gasteiger charge is 2.41. The number of nitrogens with one attached hydrogen (secondary N) is 1. The van der Waals surface area contributed by atoms with E-state index in [9.17, 15) is 14.0 Å². The van der Waals surface area contributed by atoms with E-state index in [1.165, 1.54) is 23.9 Å². The molecule has 1 unspecified atom stereocenters. The Labute approximate surface area is 209 Å². The number of ether oxygens (including phenoxy) is 1. The van der Waals surface area contributed by atoms with Crippen LogP contribution in [-0.2, 0) is 20.9 Å². The maximum Gasteiger partial charge on any atom is 0.338 e. The molecule has 1 N–H and O–H groups in total. The Morgan fingerprint density at radius 3 is 2.66 bits per heavy atom. The molecular formula is C27H28FN3O3S. The number of amides is 1. The van der Waals surface area contributed by atoms with Crippen molar-refractivity contribution in [3.05, 3.63) is 93.4 Å². The fourth-order valence-corrected chi connectivity index (χ4v) is 5.10. The summed E-state index contributed by atoms with van der Waals surface area (Å²) in [6.07, 6.45) is -0.183. The number of fused-ring (bicyclic) bond motifs is 1. The van der Waals surface area contributed by atoms with Crippen LogP contribution in [0.15, 0.2) is 75.9 Å². The molecule has 0 aliphatic carbocycles. The molecule has 0 radical (unpaired) electrons. The summed E-state index contributed by atoms with van der Waals surface area (Å²) in [5.74, 6) is -0.966. The Hall–Kier alpha value is -3.39. The Kier molecular flexibility index (Phi) is 7.40. The molecule has 1 amide bonds. The molecule has 2 heterocycles. The fraction of sp³-hybridized carbons (Fsp3) is 0.296. The molecule has 182 valence electrons. The summed E-state index contributed by atoms with van der Waals surface area (Å²) in [5.41, 5.74) is 4.46. The molecule has 8 heteroatoms. The zero-order valence-corrected chi connectivity index (χ0v) is 21.0. The normalized spacial score (nSPS) is 17.2. The summed E-state index contributed by atoms with van der Waals surface area (Å²) in [7, 11) is 0. The van der Waals surface area contributed by atoms with E-state index in [2.05, 4.69) is 10.3 Å². The van der Waals surface area contributed by atoms with Gasteiger partial charge >= 0.3 is 5.97 Å². The highest BCUT2D eigenvalue weighted by Crippen LogP contribution is 2.45. The van der Waals surface area contributed by atoms with Crippen molar-refractivity contribution in [2.75, 3.05) is 0 Å². The number of allylic oxidation sites excluding steroid dienone is 1. The van der Waals surface area contributed by atoms with Crippen LogP contribution in [-0.4, -0.2) is 28.0 Å².